The molecule has 9 heteroatoms. The first-order valence-corrected chi connectivity index (χ1v) is 11.1. The van der Waals surface area contributed by atoms with Crippen molar-refractivity contribution in [1.29, 1.82) is 0 Å². The first-order chi connectivity index (χ1) is 16.9. The number of rotatable bonds is 6. The summed E-state index contributed by atoms with van der Waals surface area (Å²) >= 11 is 6.45. The number of amides is 1. The van der Waals surface area contributed by atoms with E-state index >= 15 is 0 Å². The number of carbonyl (C=O) groups excluding carboxylic acids is 1. The van der Waals surface area contributed by atoms with Gasteiger partial charge in [0, 0.05) is 29.3 Å². The van der Waals surface area contributed by atoms with Crippen molar-refractivity contribution >= 4 is 39.9 Å². The van der Waals surface area contributed by atoms with Gasteiger partial charge in [-0.2, -0.15) is 0 Å². The largest absolute Gasteiger partial charge is 0.454 e. The van der Waals surface area contributed by atoms with Crippen LogP contribution in [0.25, 0.3) is 10.9 Å². The van der Waals surface area contributed by atoms with Gasteiger partial charge in [0.05, 0.1) is 23.3 Å². The van der Waals surface area contributed by atoms with Gasteiger partial charge in [0.15, 0.2) is 0 Å². The van der Waals surface area contributed by atoms with Crippen molar-refractivity contribution in [2.24, 2.45) is 0 Å². The van der Waals surface area contributed by atoms with E-state index in [1.54, 1.807) is 18.3 Å². The normalized spacial score (nSPS) is 11.3. The van der Waals surface area contributed by atoms with Crippen molar-refractivity contribution in [2.75, 3.05) is 11.9 Å². The third-order valence-electron chi connectivity index (χ3n) is 4.89. The number of aryl methyl sites for hydroxylation is 1. The maximum Gasteiger partial charge on any atom is 0.217 e. The number of halogens is 1. The molecule has 0 aliphatic heterocycles. The van der Waals surface area contributed by atoms with E-state index in [2.05, 4.69) is 37.4 Å². The number of aromatic nitrogens is 3. The van der Waals surface area contributed by atoms with Crippen LogP contribution in [0.15, 0.2) is 61.1 Å². The minimum absolute atomic E-state index is 0.262. The fraction of sp³-hybridized carbons (Fsp3) is 0.154. The van der Waals surface area contributed by atoms with Crippen molar-refractivity contribution in [2.45, 2.75) is 19.9 Å². The van der Waals surface area contributed by atoms with Crippen LogP contribution in [0.3, 0.4) is 0 Å². The fourth-order valence-electron chi connectivity index (χ4n) is 3.22. The highest BCUT2D eigenvalue weighted by Gasteiger charge is 2.09. The average Bonchev–Trinajstić information content (AvgIpc) is 2.84. The summed E-state index contributed by atoms with van der Waals surface area (Å²) in [5, 5.41) is 16.4. The lowest BCUT2D eigenvalue weighted by Gasteiger charge is -2.12. The lowest BCUT2D eigenvalue weighted by Crippen LogP contribution is -2.34. The molecular formula is C26H22ClN5O3. The van der Waals surface area contributed by atoms with Crippen LogP contribution in [0.4, 0.5) is 11.5 Å². The van der Waals surface area contributed by atoms with E-state index in [9.17, 15) is 9.90 Å². The summed E-state index contributed by atoms with van der Waals surface area (Å²) in [5.41, 5.74) is 3.03. The molecule has 0 spiro atoms. The molecule has 2 heterocycles. The Morgan fingerprint density at radius 1 is 1.14 bits per heavy atom. The molecule has 2 aromatic heterocycles. The summed E-state index contributed by atoms with van der Waals surface area (Å²) in [6.45, 7) is 3.00. The zero-order valence-electron chi connectivity index (χ0n) is 19.0. The van der Waals surface area contributed by atoms with Crippen LogP contribution in [0, 0.1) is 18.8 Å². The molecule has 4 aromatic rings. The molecule has 2 aromatic carbocycles. The predicted octanol–water partition coefficient (Wildman–Crippen LogP) is 4.37. The molecule has 0 saturated carbocycles. The standard InChI is InChI=1S/C26H22ClN5O3/c1-16-3-8-21(13-28-16)35-25-10-7-19(12-23(25)27)32-26-22-11-18(5-9-24(22)29-15-30-26)4-6-20(14-33)31-17(2)34/h3,5,7-13,15,20,33H,14H2,1-2H3,(H,31,34)(H,29,30,32). The van der Waals surface area contributed by atoms with E-state index in [1.165, 1.54) is 13.3 Å². The van der Waals surface area contributed by atoms with Crippen LogP contribution in [0.5, 0.6) is 11.5 Å². The molecule has 0 saturated heterocycles. The Hall–Kier alpha value is -4.19. The summed E-state index contributed by atoms with van der Waals surface area (Å²) in [4.78, 5) is 24.1. The van der Waals surface area contributed by atoms with Crippen LogP contribution in [0.1, 0.15) is 18.2 Å². The third kappa shape index (κ3) is 6.23. The number of ether oxygens (including phenoxy) is 1. The first kappa shape index (κ1) is 24.0. The smallest absolute Gasteiger partial charge is 0.217 e. The zero-order chi connectivity index (χ0) is 24.8. The molecule has 0 fully saturated rings. The number of aliphatic hydroxyl groups excluding tert-OH is 1. The second-order valence-electron chi connectivity index (χ2n) is 7.67. The molecule has 0 radical (unpaired) electrons. The third-order valence-corrected chi connectivity index (χ3v) is 5.19. The lowest BCUT2D eigenvalue weighted by molar-refractivity contribution is -0.119. The van der Waals surface area contributed by atoms with Gasteiger partial charge in [-0.3, -0.25) is 9.78 Å². The Kier molecular flexibility index (Phi) is 7.41. The number of hydrogen-bond acceptors (Lipinski definition) is 7. The summed E-state index contributed by atoms with van der Waals surface area (Å²) in [6.07, 6.45) is 3.11. The highest BCUT2D eigenvalue weighted by Crippen LogP contribution is 2.33. The quantitative estimate of drug-likeness (QED) is 0.346. The Labute approximate surface area is 207 Å². The molecule has 3 N–H and O–H groups in total. The predicted molar refractivity (Wildman–Crippen MR) is 135 cm³/mol. The van der Waals surface area contributed by atoms with E-state index in [1.807, 2.05) is 43.3 Å². The maximum absolute atomic E-state index is 11.2. The van der Waals surface area contributed by atoms with E-state index in [-0.39, 0.29) is 12.5 Å². The van der Waals surface area contributed by atoms with E-state index in [0.717, 1.165) is 16.6 Å². The number of anilines is 2. The number of nitrogens with zero attached hydrogens (tertiary/aromatic N) is 3. The number of benzene rings is 2. The zero-order valence-corrected chi connectivity index (χ0v) is 19.8. The van der Waals surface area contributed by atoms with Crippen LogP contribution < -0.4 is 15.4 Å². The Morgan fingerprint density at radius 2 is 2.00 bits per heavy atom. The fourth-order valence-corrected chi connectivity index (χ4v) is 3.44. The molecule has 0 aliphatic rings. The van der Waals surface area contributed by atoms with Crippen molar-refractivity contribution < 1.29 is 14.6 Å². The SMILES string of the molecule is CC(=O)NC(C#Cc1ccc2ncnc(Nc3ccc(Oc4ccc(C)nc4)c(Cl)c3)c2c1)CO. The molecule has 8 nitrogen and oxygen atoms in total. The topological polar surface area (TPSA) is 109 Å². The van der Waals surface area contributed by atoms with Crippen LogP contribution >= 0.6 is 11.6 Å². The molecular weight excluding hydrogens is 466 g/mol. The highest BCUT2D eigenvalue weighted by molar-refractivity contribution is 6.32. The summed E-state index contributed by atoms with van der Waals surface area (Å²) in [5.74, 6) is 7.25. The number of fused-ring (bicyclic) bond motifs is 1. The van der Waals surface area contributed by atoms with Crippen LogP contribution in [-0.2, 0) is 4.79 Å². The molecule has 0 bridgehead atoms. The van der Waals surface area contributed by atoms with Crippen LogP contribution in [0.2, 0.25) is 5.02 Å². The van der Waals surface area contributed by atoms with E-state index in [0.29, 0.717) is 33.6 Å². The maximum atomic E-state index is 11.2. The molecule has 35 heavy (non-hydrogen) atoms. The molecule has 1 atom stereocenters. The van der Waals surface area contributed by atoms with Gasteiger partial charge >= 0.3 is 0 Å². The van der Waals surface area contributed by atoms with Gasteiger partial charge in [-0.25, -0.2) is 9.97 Å². The van der Waals surface area contributed by atoms with Crippen molar-refractivity contribution in [3.8, 4) is 23.3 Å². The van der Waals surface area contributed by atoms with Crippen molar-refractivity contribution in [1.82, 2.24) is 20.3 Å². The van der Waals surface area contributed by atoms with Gasteiger partial charge in [0.25, 0.3) is 0 Å². The summed E-state index contributed by atoms with van der Waals surface area (Å²) < 4.78 is 5.83. The number of hydrogen-bond donors (Lipinski definition) is 3. The Morgan fingerprint density at radius 3 is 2.71 bits per heavy atom. The van der Waals surface area contributed by atoms with E-state index < -0.39 is 6.04 Å². The van der Waals surface area contributed by atoms with Gasteiger partial charge in [-0.15, -0.1) is 0 Å². The van der Waals surface area contributed by atoms with Gasteiger partial charge in [0.1, 0.15) is 29.7 Å². The highest BCUT2D eigenvalue weighted by atomic mass is 35.5. The molecule has 4 rings (SSSR count). The first-order valence-electron chi connectivity index (χ1n) is 10.7. The van der Waals surface area contributed by atoms with Crippen molar-refractivity contribution in [3.05, 3.63) is 77.3 Å². The molecule has 0 aliphatic carbocycles. The van der Waals surface area contributed by atoms with Gasteiger partial charge in [0.2, 0.25) is 5.91 Å². The second kappa shape index (κ2) is 10.8. The Balaban J connectivity index is 1.57. The molecule has 176 valence electrons. The number of nitrogens with one attached hydrogen (secondary N) is 2. The molecule has 1 unspecified atom stereocenters. The minimum atomic E-state index is -0.647. The van der Waals surface area contributed by atoms with Crippen LogP contribution in [-0.4, -0.2) is 38.6 Å². The minimum Gasteiger partial charge on any atom is -0.454 e. The monoisotopic (exact) mass is 487 g/mol. The second-order valence-corrected chi connectivity index (χ2v) is 8.07. The van der Waals surface area contributed by atoms with Gasteiger partial charge < -0.3 is 20.5 Å². The molecule has 1 amide bonds. The number of aliphatic hydroxyl groups is 1. The van der Waals surface area contributed by atoms with Gasteiger partial charge in [-0.1, -0.05) is 23.4 Å². The Bertz CT molecular complexity index is 1430. The lowest BCUT2D eigenvalue weighted by atomic mass is 10.1. The summed E-state index contributed by atoms with van der Waals surface area (Å²) in [7, 11) is 0. The number of carbonyl (C=O) groups is 1. The number of pyridine rings is 1. The van der Waals surface area contributed by atoms with Gasteiger partial charge in [-0.05, 0) is 55.5 Å². The summed E-state index contributed by atoms with van der Waals surface area (Å²) in [6, 6.07) is 13.9. The van der Waals surface area contributed by atoms with E-state index in [4.69, 9.17) is 16.3 Å². The average molecular weight is 488 g/mol. The van der Waals surface area contributed by atoms with Crippen molar-refractivity contribution in [3.63, 3.8) is 0 Å².